The Hall–Kier alpha value is -1.94. The topological polar surface area (TPSA) is 26.3 Å². The van der Waals surface area contributed by atoms with Gasteiger partial charge in [-0.1, -0.05) is 30.7 Å². The van der Waals surface area contributed by atoms with Gasteiger partial charge in [-0.25, -0.2) is 8.78 Å². The minimum Gasteiger partial charge on any atom is -0.490 e. The van der Waals surface area contributed by atoms with E-state index in [1.807, 2.05) is 19.1 Å². The molecule has 0 saturated heterocycles. The molecule has 1 saturated carbocycles. The van der Waals surface area contributed by atoms with Crippen LogP contribution >= 0.6 is 11.6 Å². The van der Waals surface area contributed by atoms with Crippen molar-refractivity contribution < 1.29 is 18.3 Å². The molecule has 1 aliphatic heterocycles. The van der Waals surface area contributed by atoms with Crippen molar-refractivity contribution >= 4 is 17.4 Å². The molecule has 1 fully saturated rings. The predicted octanol–water partition coefficient (Wildman–Crippen LogP) is 5.11. The second-order valence-electron chi connectivity index (χ2n) is 7.37. The van der Waals surface area contributed by atoms with Gasteiger partial charge < -0.3 is 4.74 Å². The number of hydrogen-bond acceptors (Lipinski definition) is 2. The number of Topliss-reactive ketones (excluding diaryl/α,β-unsaturated/α-hetero) is 1. The van der Waals surface area contributed by atoms with Crippen molar-refractivity contribution in [3.8, 4) is 5.75 Å². The van der Waals surface area contributed by atoms with Gasteiger partial charge in [-0.15, -0.1) is 0 Å². The van der Waals surface area contributed by atoms with E-state index in [9.17, 15) is 13.6 Å². The largest absolute Gasteiger partial charge is 0.490 e. The van der Waals surface area contributed by atoms with Crippen molar-refractivity contribution in [1.82, 2.24) is 0 Å². The summed E-state index contributed by atoms with van der Waals surface area (Å²) in [5.74, 6) is -1.32. The molecule has 0 aromatic heterocycles. The first-order chi connectivity index (χ1) is 12.4. The SMILES string of the molecule is C[C@@H]1C(=O)CC[C@@]2(Cc3ccc(Cl)cc3)c3c(F)ccc(F)c3OC[C@@H]12. The van der Waals surface area contributed by atoms with Crippen LogP contribution in [0.15, 0.2) is 36.4 Å². The summed E-state index contributed by atoms with van der Waals surface area (Å²) >= 11 is 5.99. The summed E-state index contributed by atoms with van der Waals surface area (Å²) < 4.78 is 34.9. The van der Waals surface area contributed by atoms with E-state index in [0.717, 1.165) is 17.7 Å². The van der Waals surface area contributed by atoms with Gasteiger partial charge in [-0.05, 0) is 42.7 Å². The van der Waals surface area contributed by atoms with Crippen LogP contribution < -0.4 is 4.74 Å². The number of ketones is 1. The Balaban J connectivity index is 1.89. The molecule has 26 heavy (non-hydrogen) atoms. The Bertz CT molecular complexity index is 865. The first kappa shape index (κ1) is 17.5. The minimum absolute atomic E-state index is 0.00300. The standard InChI is InChI=1S/C21H19ClF2O2/c1-12-15-11-26-20-17(24)7-6-16(23)19(20)21(15,9-8-18(12)25)10-13-2-4-14(22)5-3-13/h2-7,12,15H,8-11H2,1H3/t12-,15-,21-/m0/s1. The zero-order valence-electron chi connectivity index (χ0n) is 14.4. The lowest BCUT2D eigenvalue weighted by molar-refractivity contribution is -0.130. The molecule has 1 aliphatic carbocycles. The molecule has 2 aromatic rings. The van der Waals surface area contributed by atoms with Gasteiger partial charge in [-0.3, -0.25) is 4.79 Å². The molecule has 5 heteroatoms. The Morgan fingerprint density at radius 2 is 1.85 bits per heavy atom. The number of rotatable bonds is 2. The van der Waals surface area contributed by atoms with Crippen molar-refractivity contribution in [2.45, 2.75) is 31.6 Å². The summed E-state index contributed by atoms with van der Waals surface area (Å²) in [7, 11) is 0. The van der Waals surface area contributed by atoms with E-state index in [1.165, 1.54) is 0 Å². The van der Waals surface area contributed by atoms with Gasteiger partial charge in [0.1, 0.15) is 11.6 Å². The number of fused-ring (bicyclic) bond motifs is 3. The molecular formula is C21H19ClF2O2. The molecule has 4 rings (SSSR count). The lowest BCUT2D eigenvalue weighted by Gasteiger charge is -2.50. The van der Waals surface area contributed by atoms with Crippen molar-refractivity contribution in [1.29, 1.82) is 0 Å². The van der Waals surface area contributed by atoms with Crippen LogP contribution in [0.1, 0.15) is 30.9 Å². The highest BCUT2D eigenvalue weighted by Crippen LogP contribution is 2.54. The normalized spacial score (nSPS) is 27.5. The Kier molecular flexibility index (Phi) is 4.26. The highest BCUT2D eigenvalue weighted by atomic mass is 35.5. The molecule has 0 amide bonds. The van der Waals surface area contributed by atoms with Gasteiger partial charge in [0.05, 0.1) is 6.61 Å². The quantitative estimate of drug-likeness (QED) is 0.728. The number of hydrogen-bond donors (Lipinski definition) is 0. The number of benzene rings is 2. The maximum absolute atomic E-state index is 14.9. The summed E-state index contributed by atoms with van der Waals surface area (Å²) in [5, 5.41) is 0.625. The minimum atomic E-state index is -0.666. The lowest BCUT2D eigenvalue weighted by Crippen LogP contribution is -2.52. The Morgan fingerprint density at radius 3 is 2.58 bits per heavy atom. The lowest BCUT2D eigenvalue weighted by atomic mass is 9.55. The third kappa shape index (κ3) is 2.62. The van der Waals surface area contributed by atoms with Gasteiger partial charge in [0.25, 0.3) is 0 Å². The first-order valence-electron chi connectivity index (χ1n) is 8.81. The molecule has 0 unspecified atom stereocenters. The van der Waals surface area contributed by atoms with Crippen molar-refractivity contribution in [2.75, 3.05) is 6.61 Å². The fourth-order valence-corrected chi connectivity index (χ4v) is 4.79. The van der Waals surface area contributed by atoms with Gasteiger partial charge in [0.15, 0.2) is 11.6 Å². The highest BCUT2D eigenvalue weighted by Gasteiger charge is 2.53. The molecule has 2 aliphatic rings. The number of carbonyl (C=O) groups is 1. The second-order valence-corrected chi connectivity index (χ2v) is 7.80. The third-order valence-electron chi connectivity index (χ3n) is 6.04. The fraction of sp³-hybridized carbons (Fsp3) is 0.381. The maximum atomic E-state index is 14.9. The van der Waals surface area contributed by atoms with Crippen LogP contribution in [-0.4, -0.2) is 12.4 Å². The molecule has 0 radical (unpaired) electrons. The van der Waals surface area contributed by atoms with E-state index < -0.39 is 17.0 Å². The molecule has 0 N–H and O–H groups in total. The van der Waals surface area contributed by atoms with Crippen LogP contribution in [0.3, 0.4) is 0 Å². The highest BCUT2D eigenvalue weighted by molar-refractivity contribution is 6.30. The second kappa shape index (κ2) is 6.34. The van der Waals surface area contributed by atoms with Crippen LogP contribution in [0.5, 0.6) is 5.75 Å². The van der Waals surface area contributed by atoms with Crippen molar-refractivity contribution in [3.05, 3.63) is 64.2 Å². The summed E-state index contributed by atoms with van der Waals surface area (Å²) in [6.45, 7) is 2.09. The molecule has 2 aromatic carbocycles. The van der Waals surface area contributed by atoms with Crippen LogP contribution in [0.25, 0.3) is 0 Å². The summed E-state index contributed by atoms with van der Waals surface area (Å²) in [6.07, 6.45) is 1.37. The smallest absolute Gasteiger partial charge is 0.165 e. The molecule has 136 valence electrons. The zero-order valence-corrected chi connectivity index (χ0v) is 15.2. The summed E-state index contributed by atoms with van der Waals surface area (Å²) in [5.41, 5.74) is 0.599. The van der Waals surface area contributed by atoms with Crippen LogP contribution in [-0.2, 0) is 16.6 Å². The van der Waals surface area contributed by atoms with E-state index in [-0.39, 0.29) is 35.5 Å². The number of ether oxygens (including phenoxy) is 1. The average Bonchev–Trinajstić information content (AvgIpc) is 2.63. The Morgan fingerprint density at radius 1 is 1.15 bits per heavy atom. The summed E-state index contributed by atoms with van der Waals surface area (Å²) in [6, 6.07) is 9.65. The monoisotopic (exact) mass is 376 g/mol. The van der Waals surface area contributed by atoms with Gasteiger partial charge >= 0.3 is 0 Å². The van der Waals surface area contributed by atoms with E-state index >= 15 is 0 Å². The third-order valence-corrected chi connectivity index (χ3v) is 6.29. The van der Waals surface area contributed by atoms with Gasteiger partial charge in [0.2, 0.25) is 0 Å². The maximum Gasteiger partial charge on any atom is 0.165 e. The molecule has 0 spiro atoms. The number of halogens is 3. The summed E-state index contributed by atoms with van der Waals surface area (Å²) in [4.78, 5) is 12.3. The van der Waals surface area contributed by atoms with E-state index in [2.05, 4.69) is 0 Å². The molecule has 0 bridgehead atoms. The first-order valence-corrected chi connectivity index (χ1v) is 9.18. The van der Waals surface area contributed by atoms with Crippen LogP contribution in [0.4, 0.5) is 8.78 Å². The van der Waals surface area contributed by atoms with Crippen LogP contribution in [0.2, 0.25) is 5.02 Å². The van der Waals surface area contributed by atoms with Crippen LogP contribution in [0, 0.1) is 23.5 Å². The van der Waals surface area contributed by atoms with Gasteiger partial charge in [-0.2, -0.15) is 0 Å². The van der Waals surface area contributed by atoms with E-state index in [4.69, 9.17) is 16.3 Å². The van der Waals surface area contributed by atoms with E-state index in [0.29, 0.717) is 24.3 Å². The molecule has 2 nitrogen and oxygen atoms in total. The van der Waals surface area contributed by atoms with Crippen molar-refractivity contribution in [3.63, 3.8) is 0 Å². The van der Waals surface area contributed by atoms with E-state index in [1.54, 1.807) is 12.1 Å². The van der Waals surface area contributed by atoms with Gasteiger partial charge in [0, 0.05) is 34.3 Å². The predicted molar refractivity (Wildman–Crippen MR) is 95.6 cm³/mol. The average molecular weight is 377 g/mol. The molecule has 1 heterocycles. The number of carbonyl (C=O) groups excluding carboxylic acids is 1. The fourth-order valence-electron chi connectivity index (χ4n) is 4.66. The molecule has 3 atom stereocenters. The Labute approximate surface area is 156 Å². The zero-order chi connectivity index (χ0) is 18.5. The molecular weight excluding hydrogens is 358 g/mol. The van der Waals surface area contributed by atoms with Crippen molar-refractivity contribution in [2.24, 2.45) is 11.8 Å².